The number of hydrogen-bond acceptors (Lipinski definition) is 0. The van der Waals surface area contributed by atoms with E-state index in [0.717, 1.165) is 0 Å². The van der Waals surface area contributed by atoms with E-state index in [0.29, 0.717) is 5.92 Å². The Hall–Kier alpha value is -1.26. The number of aryl methyl sites for hydroxylation is 2. The molecule has 0 spiro atoms. The van der Waals surface area contributed by atoms with E-state index in [9.17, 15) is 0 Å². The van der Waals surface area contributed by atoms with Gasteiger partial charge in [0.1, 0.15) is 0 Å². The Morgan fingerprint density at radius 1 is 1.12 bits per heavy atom. The third kappa shape index (κ3) is 1.37. The molecule has 1 aliphatic rings. The van der Waals surface area contributed by atoms with Crippen LogP contribution in [0.4, 0.5) is 0 Å². The summed E-state index contributed by atoms with van der Waals surface area (Å²) in [6.07, 6.45) is 4.62. The van der Waals surface area contributed by atoms with Crippen LogP contribution in [0.5, 0.6) is 0 Å². The molecule has 0 bridgehead atoms. The minimum atomic E-state index is -0.0555. The fraction of sp³-hybridized carbons (Fsp3) is 0.200. The standard InChI is InChI=1S/C15H15P/c1-11-9-10-16(2)15(11)14-8-7-12-5-3-4-6-13(12)14/h3-10,14H,1-2H3. The van der Waals surface area contributed by atoms with Crippen LogP contribution in [0.25, 0.3) is 6.08 Å². The third-order valence-electron chi connectivity index (χ3n) is 3.43. The van der Waals surface area contributed by atoms with Gasteiger partial charge < -0.3 is 0 Å². The van der Waals surface area contributed by atoms with E-state index in [1.165, 1.54) is 16.7 Å². The van der Waals surface area contributed by atoms with E-state index in [-0.39, 0.29) is 7.53 Å². The molecule has 1 heterocycles. The lowest BCUT2D eigenvalue weighted by Gasteiger charge is -2.13. The molecule has 1 aromatic carbocycles. The number of allylic oxidation sites excluding steroid dienone is 1. The second-order valence-electron chi connectivity index (χ2n) is 4.46. The largest absolute Gasteiger partial charge is 0.124 e. The lowest BCUT2D eigenvalue weighted by molar-refractivity contribution is 1.07. The highest BCUT2D eigenvalue weighted by molar-refractivity contribution is 7.48. The summed E-state index contributed by atoms with van der Waals surface area (Å²) in [7, 11) is -0.0555. The molecule has 0 nitrogen and oxygen atoms in total. The van der Waals surface area contributed by atoms with Crippen LogP contribution in [-0.4, -0.2) is 0 Å². The first kappa shape index (κ1) is 9.93. The first-order chi connectivity index (χ1) is 7.77. The van der Waals surface area contributed by atoms with Gasteiger partial charge in [0.25, 0.3) is 0 Å². The monoisotopic (exact) mass is 226 g/mol. The molecular weight excluding hydrogens is 211 g/mol. The highest BCUT2D eigenvalue weighted by Gasteiger charge is 2.21. The molecule has 0 radical (unpaired) electrons. The summed E-state index contributed by atoms with van der Waals surface area (Å²) in [5.41, 5.74) is 4.35. The summed E-state index contributed by atoms with van der Waals surface area (Å²) in [6, 6.07) is 11.0. The second kappa shape index (κ2) is 3.64. The molecule has 0 aliphatic heterocycles. The quantitative estimate of drug-likeness (QED) is 0.662. The SMILES string of the molecule is Cc1ccp(C)c1C1C=Cc2ccccc21. The van der Waals surface area contributed by atoms with Crippen LogP contribution in [-0.2, 0) is 6.66 Å². The van der Waals surface area contributed by atoms with Gasteiger partial charge in [-0.3, -0.25) is 0 Å². The number of hydrogen-bond donors (Lipinski definition) is 0. The Kier molecular flexibility index (Phi) is 2.26. The van der Waals surface area contributed by atoms with Crippen molar-refractivity contribution in [3.05, 3.63) is 64.2 Å². The van der Waals surface area contributed by atoms with Crippen LogP contribution in [0.1, 0.15) is 27.9 Å². The fourth-order valence-electron chi connectivity index (χ4n) is 2.62. The Morgan fingerprint density at radius 3 is 2.69 bits per heavy atom. The molecule has 0 saturated carbocycles. The van der Waals surface area contributed by atoms with Gasteiger partial charge in [-0.05, 0) is 41.4 Å². The first-order valence-corrected chi connectivity index (χ1v) is 7.52. The van der Waals surface area contributed by atoms with Crippen LogP contribution in [0, 0.1) is 6.92 Å². The first-order valence-electron chi connectivity index (χ1n) is 5.66. The second-order valence-corrected chi connectivity index (χ2v) is 6.46. The van der Waals surface area contributed by atoms with E-state index in [4.69, 9.17) is 0 Å². The van der Waals surface area contributed by atoms with Gasteiger partial charge >= 0.3 is 0 Å². The van der Waals surface area contributed by atoms with Crippen molar-refractivity contribution in [2.24, 2.45) is 6.66 Å². The molecule has 0 saturated heterocycles. The lowest BCUT2D eigenvalue weighted by Crippen LogP contribution is -1.94. The maximum atomic E-state index is 2.37. The van der Waals surface area contributed by atoms with Gasteiger partial charge in [0.05, 0.1) is 0 Å². The van der Waals surface area contributed by atoms with Crippen LogP contribution in [0.15, 0.2) is 42.2 Å². The van der Waals surface area contributed by atoms with E-state index in [1.807, 2.05) is 0 Å². The zero-order chi connectivity index (χ0) is 11.1. The van der Waals surface area contributed by atoms with Gasteiger partial charge in [-0.25, -0.2) is 0 Å². The highest BCUT2D eigenvalue weighted by atomic mass is 31.1. The molecule has 0 fully saturated rings. The van der Waals surface area contributed by atoms with Crippen molar-refractivity contribution in [2.75, 3.05) is 0 Å². The van der Waals surface area contributed by atoms with Crippen molar-refractivity contribution in [3.8, 4) is 0 Å². The maximum Gasteiger partial charge on any atom is 0.0318 e. The number of benzene rings is 1. The van der Waals surface area contributed by atoms with Crippen molar-refractivity contribution in [1.29, 1.82) is 0 Å². The smallest absolute Gasteiger partial charge is 0.0318 e. The summed E-state index contributed by atoms with van der Waals surface area (Å²) in [6.45, 7) is 4.60. The van der Waals surface area contributed by atoms with Crippen molar-refractivity contribution >= 4 is 13.6 Å². The molecule has 2 aromatic rings. The Labute approximate surface area is 97.7 Å². The normalized spacial score (nSPS) is 18.9. The zero-order valence-electron chi connectivity index (χ0n) is 9.64. The van der Waals surface area contributed by atoms with Crippen LogP contribution in [0.3, 0.4) is 0 Å². The Morgan fingerprint density at radius 2 is 1.94 bits per heavy atom. The van der Waals surface area contributed by atoms with Crippen molar-refractivity contribution in [3.63, 3.8) is 0 Å². The molecule has 1 aromatic heterocycles. The predicted molar refractivity (Wildman–Crippen MR) is 72.2 cm³/mol. The van der Waals surface area contributed by atoms with Crippen LogP contribution < -0.4 is 0 Å². The van der Waals surface area contributed by atoms with Crippen molar-refractivity contribution in [2.45, 2.75) is 12.8 Å². The summed E-state index contributed by atoms with van der Waals surface area (Å²) in [5, 5.41) is 1.64. The summed E-state index contributed by atoms with van der Waals surface area (Å²) >= 11 is 0. The minimum absolute atomic E-state index is 0.0555. The van der Waals surface area contributed by atoms with Crippen LogP contribution in [0.2, 0.25) is 0 Å². The minimum Gasteiger partial charge on any atom is -0.124 e. The molecule has 0 N–H and O–H groups in total. The molecule has 0 amide bonds. The van der Waals surface area contributed by atoms with Gasteiger partial charge in [-0.1, -0.05) is 42.5 Å². The molecule has 2 atom stereocenters. The van der Waals surface area contributed by atoms with E-state index in [2.05, 4.69) is 61.9 Å². The fourth-order valence-corrected chi connectivity index (χ4v) is 4.52. The summed E-state index contributed by atoms with van der Waals surface area (Å²) in [5.74, 6) is 2.90. The van der Waals surface area contributed by atoms with E-state index < -0.39 is 0 Å². The molecule has 1 aliphatic carbocycles. The number of rotatable bonds is 1. The van der Waals surface area contributed by atoms with Gasteiger partial charge in [-0.15, -0.1) is 7.53 Å². The summed E-state index contributed by atoms with van der Waals surface area (Å²) < 4.78 is 0. The maximum absolute atomic E-state index is 2.37. The Bertz CT molecular complexity index is 541. The van der Waals surface area contributed by atoms with Crippen molar-refractivity contribution in [1.82, 2.24) is 0 Å². The van der Waals surface area contributed by atoms with Gasteiger partial charge in [0.2, 0.25) is 0 Å². The van der Waals surface area contributed by atoms with Crippen LogP contribution >= 0.6 is 7.53 Å². The Balaban J connectivity index is 2.15. The average Bonchev–Trinajstić information content (AvgIpc) is 2.83. The molecule has 80 valence electrons. The zero-order valence-corrected chi connectivity index (χ0v) is 10.5. The molecule has 2 unspecified atom stereocenters. The van der Waals surface area contributed by atoms with E-state index in [1.54, 1.807) is 5.30 Å². The molecule has 1 heteroatoms. The van der Waals surface area contributed by atoms with Gasteiger partial charge in [-0.2, -0.15) is 0 Å². The summed E-state index contributed by atoms with van der Waals surface area (Å²) in [4.78, 5) is 0. The van der Waals surface area contributed by atoms with Crippen molar-refractivity contribution < 1.29 is 0 Å². The van der Waals surface area contributed by atoms with Gasteiger partial charge in [0, 0.05) is 5.92 Å². The predicted octanol–water partition coefficient (Wildman–Crippen LogP) is 4.68. The average molecular weight is 226 g/mol. The lowest BCUT2D eigenvalue weighted by atomic mass is 9.97. The third-order valence-corrected chi connectivity index (χ3v) is 5.41. The van der Waals surface area contributed by atoms with Gasteiger partial charge in [0.15, 0.2) is 0 Å². The highest BCUT2D eigenvalue weighted by Crippen LogP contribution is 2.45. The number of fused-ring (bicyclic) bond motifs is 1. The topological polar surface area (TPSA) is 0 Å². The molecular formula is C15H15P. The van der Waals surface area contributed by atoms with E-state index >= 15 is 0 Å². The molecule has 16 heavy (non-hydrogen) atoms. The molecule has 3 rings (SSSR count).